The van der Waals surface area contributed by atoms with Gasteiger partial charge in [-0.3, -0.25) is 0 Å². The number of hydrogen-bond donors (Lipinski definition) is 2. The van der Waals surface area contributed by atoms with Crippen LogP contribution in [0.3, 0.4) is 0 Å². The zero-order chi connectivity index (χ0) is 14.0. The van der Waals surface area contributed by atoms with Crippen LogP contribution in [0, 0.1) is 0 Å². The lowest BCUT2D eigenvalue weighted by Gasteiger charge is -2.35. The van der Waals surface area contributed by atoms with E-state index in [-0.39, 0.29) is 17.9 Å². The van der Waals surface area contributed by atoms with Crippen LogP contribution in [0.4, 0.5) is 18.0 Å². The Kier molecular flexibility index (Phi) is 3.55. The molecule has 7 heteroatoms. The molecule has 1 fully saturated rings. The van der Waals surface area contributed by atoms with Gasteiger partial charge in [-0.05, 0) is 18.2 Å². The first-order valence-corrected chi connectivity index (χ1v) is 5.68. The van der Waals surface area contributed by atoms with Gasteiger partial charge in [0.2, 0.25) is 0 Å². The molecule has 0 spiro atoms. The molecule has 0 heterocycles. The van der Waals surface area contributed by atoms with Crippen molar-refractivity contribution in [2.45, 2.75) is 31.2 Å². The van der Waals surface area contributed by atoms with E-state index in [0.29, 0.717) is 12.8 Å². The van der Waals surface area contributed by atoms with E-state index in [2.05, 4.69) is 5.32 Å². The van der Waals surface area contributed by atoms with Crippen LogP contribution in [0.25, 0.3) is 0 Å². The molecule has 0 aromatic heterocycles. The Labute approximate surface area is 107 Å². The van der Waals surface area contributed by atoms with E-state index >= 15 is 0 Å². The van der Waals surface area contributed by atoms with E-state index in [1.165, 1.54) is 12.1 Å². The number of nitrogens with one attached hydrogen (secondary N) is 1. The summed E-state index contributed by atoms with van der Waals surface area (Å²) in [5.74, 6) is 0.147. The monoisotopic (exact) mass is 275 g/mol. The van der Waals surface area contributed by atoms with Crippen molar-refractivity contribution < 1.29 is 27.8 Å². The zero-order valence-corrected chi connectivity index (χ0v) is 9.78. The summed E-state index contributed by atoms with van der Waals surface area (Å²) in [6.07, 6.45) is -4.83. The molecule has 104 valence electrons. The molecule has 0 bridgehead atoms. The van der Waals surface area contributed by atoms with Crippen molar-refractivity contribution in [1.82, 2.24) is 5.32 Å². The van der Waals surface area contributed by atoms with Gasteiger partial charge in [0, 0.05) is 18.9 Å². The molecule has 1 aromatic rings. The van der Waals surface area contributed by atoms with E-state index < -0.39 is 17.8 Å². The zero-order valence-electron chi connectivity index (χ0n) is 9.78. The predicted octanol–water partition coefficient (Wildman–Crippen LogP) is 2.88. The second-order valence-electron chi connectivity index (χ2n) is 4.38. The third-order valence-corrected chi connectivity index (χ3v) is 2.89. The summed E-state index contributed by atoms with van der Waals surface area (Å²) in [4.78, 5) is 10.3. The molecule has 0 aliphatic heterocycles. The fraction of sp³-hybridized carbons (Fsp3) is 0.417. The molecular weight excluding hydrogens is 263 g/mol. The highest BCUT2D eigenvalue weighted by atomic mass is 19.4. The maximum atomic E-state index is 12.5. The molecule has 2 N–H and O–H groups in total. The van der Waals surface area contributed by atoms with Gasteiger partial charge < -0.3 is 15.2 Å². The van der Waals surface area contributed by atoms with Gasteiger partial charge in [0.25, 0.3) is 0 Å². The lowest BCUT2D eigenvalue weighted by Crippen LogP contribution is -2.48. The van der Waals surface area contributed by atoms with Crippen LogP contribution < -0.4 is 10.1 Å². The topological polar surface area (TPSA) is 58.6 Å². The highest BCUT2D eigenvalue weighted by Crippen LogP contribution is 2.33. The summed E-state index contributed by atoms with van der Waals surface area (Å²) in [6.45, 7) is 0. The van der Waals surface area contributed by atoms with Gasteiger partial charge in [0.15, 0.2) is 0 Å². The minimum absolute atomic E-state index is 0.147. The third kappa shape index (κ3) is 3.52. The number of benzene rings is 1. The number of carbonyl (C=O) groups is 1. The average Bonchev–Trinajstić information content (AvgIpc) is 2.25. The average molecular weight is 275 g/mol. The first kappa shape index (κ1) is 13.5. The molecule has 0 radical (unpaired) electrons. The number of carboxylic acid groups (broad SMARTS) is 1. The standard InChI is InChI=1S/C12H12F3NO3/c13-12(14,15)7-2-1-3-9(4-7)19-10-5-8(6-10)16-11(17)18/h1-4,8,10,16H,5-6H2,(H,17,18)/t8-,10-. The maximum absolute atomic E-state index is 12.5. The van der Waals surface area contributed by atoms with Crippen LogP contribution in [0.5, 0.6) is 5.75 Å². The van der Waals surface area contributed by atoms with Gasteiger partial charge in [0.05, 0.1) is 5.56 Å². The first-order chi connectivity index (χ1) is 8.84. The molecule has 19 heavy (non-hydrogen) atoms. The van der Waals surface area contributed by atoms with Gasteiger partial charge in [-0.15, -0.1) is 0 Å². The summed E-state index contributed by atoms with van der Waals surface area (Å²) in [6, 6.07) is 4.46. The minimum atomic E-state index is -4.40. The van der Waals surface area contributed by atoms with Gasteiger partial charge >= 0.3 is 12.3 Å². The van der Waals surface area contributed by atoms with Crippen LogP contribution in [-0.4, -0.2) is 23.3 Å². The van der Waals surface area contributed by atoms with Crippen LogP contribution in [-0.2, 0) is 6.18 Å². The molecule has 1 saturated carbocycles. The van der Waals surface area contributed by atoms with Crippen molar-refractivity contribution >= 4 is 6.09 Å². The van der Waals surface area contributed by atoms with Crippen LogP contribution in [0.15, 0.2) is 24.3 Å². The molecule has 0 atom stereocenters. The van der Waals surface area contributed by atoms with E-state index in [1.54, 1.807) is 0 Å². The van der Waals surface area contributed by atoms with Crippen molar-refractivity contribution in [3.8, 4) is 5.75 Å². The van der Waals surface area contributed by atoms with Gasteiger partial charge in [-0.1, -0.05) is 6.07 Å². The maximum Gasteiger partial charge on any atom is 0.416 e. The van der Waals surface area contributed by atoms with Crippen LogP contribution >= 0.6 is 0 Å². The Bertz CT molecular complexity index is 470. The second kappa shape index (κ2) is 4.99. The second-order valence-corrected chi connectivity index (χ2v) is 4.38. The van der Waals surface area contributed by atoms with Crippen LogP contribution in [0.2, 0.25) is 0 Å². The largest absolute Gasteiger partial charge is 0.490 e. The molecule has 1 aliphatic rings. The minimum Gasteiger partial charge on any atom is -0.490 e. The Morgan fingerprint density at radius 3 is 2.63 bits per heavy atom. The first-order valence-electron chi connectivity index (χ1n) is 5.68. The number of ether oxygens (including phenoxy) is 1. The van der Waals surface area contributed by atoms with Crippen molar-refractivity contribution in [2.24, 2.45) is 0 Å². The summed E-state index contributed by atoms with van der Waals surface area (Å²) in [5.41, 5.74) is -0.760. The smallest absolute Gasteiger partial charge is 0.416 e. The van der Waals surface area contributed by atoms with Gasteiger partial charge in [-0.2, -0.15) is 13.2 Å². The quantitative estimate of drug-likeness (QED) is 0.891. The van der Waals surface area contributed by atoms with Crippen LogP contribution in [0.1, 0.15) is 18.4 Å². The number of hydrogen-bond acceptors (Lipinski definition) is 2. The Morgan fingerprint density at radius 1 is 1.37 bits per heavy atom. The highest BCUT2D eigenvalue weighted by molar-refractivity contribution is 5.65. The van der Waals surface area contributed by atoms with Crippen molar-refractivity contribution in [2.75, 3.05) is 0 Å². The number of halogens is 3. The molecule has 1 aliphatic carbocycles. The fourth-order valence-corrected chi connectivity index (χ4v) is 1.89. The number of amides is 1. The molecule has 2 rings (SSSR count). The van der Waals surface area contributed by atoms with Gasteiger partial charge in [0.1, 0.15) is 11.9 Å². The highest BCUT2D eigenvalue weighted by Gasteiger charge is 2.33. The predicted molar refractivity (Wildman–Crippen MR) is 60.0 cm³/mol. The summed E-state index contributed by atoms with van der Waals surface area (Å²) < 4.78 is 42.8. The summed E-state index contributed by atoms with van der Waals surface area (Å²) >= 11 is 0. The van der Waals surface area contributed by atoms with Crippen molar-refractivity contribution in [3.63, 3.8) is 0 Å². The van der Waals surface area contributed by atoms with Gasteiger partial charge in [-0.25, -0.2) is 4.79 Å². The van der Waals surface area contributed by atoms with E-state index in [1.807, 2.05) is 0 Å². The SMILES string of the molecule is O=C(O)N[C@H]1C[C@H](Oc2cccc(C(F)(F)F)c2)C1. The van der Waals surface area contributed by atoms with Crippen molar-refractivity contribution in [3.05, 3.63) is 29.8 Å². The molecule has 1 amide bonds. The Balaban J connectivity index is 1.90. The molecule has 0 unspecified atom stereocenters. The molecule has 4 nitrogen and oxygen atoms in total. The van der Waals surface area contributed by atoms with E-state index in [0.717, 1.165) is 12.1 Å². The molecular formula is C12H12F3NO3. The van der Waals surface area contributed by atoms with E-state index in [9.17, 15) is 18.0 Å². The summed E-state index contributed by atoms with van der Waals surface area (Å²) in [7, 11) is 0. The summed E-state index contributed by atoms with van der Waals surface area (Å²) in [5, 5.41) is 10.8. The number of rotatable bonds is 3. The van der Waals surface area contributed by atoms with E-state index in [4.69, 9.17) is 9.84 Å². The Morgan fingerprint density at radius 2 is 2.05 bits per heavy atom. The Hall–Kier alpha value is -1.92. The third-order valence-electron chi connectivity index (χ3n) is 2.89. The fourth-order valence-electron chi connectivity index (χ4n) is 1.89. The molecule has 1 aromatic carbocycles. The lowest BCUT2D eigenvalue weighted by molar-refractivity contribution is -0.137. The molecule has 0 saturated heterocycles. The lowest BCUT2D eigenvalue weighted by atomic mass is 9.89. The number of alkyl halides is 3. The normalized spacial score (nSPS) is 22.5. The van der Waals surface area contributed by atoms with Crippen molar-refractivity contribution in [1.29, 1.82) is 0 Å².